The van der Waals surface area contributed by atoms with E-state index in [0.29, 0.717) is 24.9 Å². The number of benzene rings is 1. The maximum Gasteiger partial charge on any atom is 0.243 e. The summed E-state index contributed by atoms with van der Waals surface area (Å²) in [6.45, 7) is 1.19. The van der Waals surface area contributed by atoms with Crippen molar-refractivity contribution < 1.29 is 13.2 Å². The second-order valence-electron chi connectivity index (χ2n) is 4.51. The van der Waals surface area contributed by atoms with Gasteiger partial charge in [-0.1, -0.05) is 25.0 Å². The second kappa shape index (κ2) is 5.63. The lowest BCUT2D eigenvalue weighted by Crippen LogP contribution is -2.31. The predicted molar refractivity (Wildman–Crippen MR) is 69.1 cm³/mol. The number of hydrogen-bond donors (Lipinski definition) is 0. The molecule has 1 heterocycles. The van der Waals surface area contributed by atoms with Crippen molar-refractivity contribution >= 4 is 16.3 Å². The van der Waals surface area contributed by atoms with Crippen LogP contribution < -0.4 is 0 Å². The summed E-state index contributed by atoms with van der Waals surface area (Å²) in [6.07, 6.45) is 4.74. The maximum absolute atomic E-state index is 12.4. The van der Waals surface area contributed by atoms with E-state index in [2.05, 4.69) is 0 Å². The first-order chi connectivity index (χ1) is 8.64. The molecule has 0 radical (unpaired) electrons. The Labute approximate surface area is 108 Å². The molecule has 1 aromatic rings. The van der Waals surface area contributed by atoms with Crippen LogP contribution in [0.2, 0.25) is 0 Å². The van der Waals surface area contributed by atoms with Crippen LogP contribution in [-0.4, -0.2) is 32.1 Å². The first-order valence-electron chi connectivity index (χ1n) is 6.20. The summed E-state index contributed by atoms with van der Waals surface area (Å²) < 4.78 is 26.3. The summed E-state index contributed by atoms with van der Waals surface area (Å²) >= 11 is 0. The SMILES string of the molecule is O=Cc1ccc(S(=O)(=O)N2CCCCCC2)cc1. The summed E-state index contributed by atoms with van der Waals surface area (Å²) in [4.78, 5) is 10.8. The molecular formula is C13H17NO3S. The average Bonchev–Trinajstić information content (AvgIpc) is 2.68. The summed E-state index contributed by atoms with van der Waals surface area (Å²) in [6, 6.07) is 6.09. The van der Waals surface area contributed by atoms with Crippen LogP contribution in [-0.2, 0) is 10.0 Å². The molecule has 0 aliphatic carbocycles. The maximum atomic E-state index is 12.4. The zero-order valence-corrected chi connectivity index (χ0v) is 11.0. The van der Waals surface area contributed by atoms with Crippen LogP contribution in [0.5, 0.6) is 0 Å². The van der Waals surface area contributed by atoms with Crippen molar-refractivity contribution in [2.24, 2.45) is 0 Å². The third kappa shape index (κ3) is 2.79. The Morgan fingerprint density at radius 1 is 0.944 bits per heavy atom. The highest BCUT2D eigenvalue weighted by Gasteiger charge is 2.24. The van der Waals surface area contributed by atoms with Gasteiger partial charge in [-0.25, -0.2) is 8.42 Å². The van der Waals surface area contributed by atoms with E-state index in [1.54, 1.807) is 4.31 Å². The van der Waals surface area contributed by atoms with E-state index < -0.39 is 10.0 Å². The minimum Gasteiger partial charge on any atom is -0.298 e. The van der Waals surface area contributed by atoms with Gasteiger partial charge in [0, 0.05) is 18.7 Å². The number of sulfonamides is 1. The van der Waals surface area contributed by atoms with Crippen molar-refractivity contribution in [3.63, 3.8) is 0 Å². The van der Waals surface area contributed by atoms with Crippen LogP contribution in [0, 0.1) is 0 Å². The Hall–Kier alpha value is -1.20. The van der Waals surface area contributed by atoms with Crippen molar-refractivity contribution in [3.05, 3.63) is 29.8 Å². The molecule has 5 heteroatoms. The Kier molecular flexibility index (Phi) is 4.14. The third-order valence-corrected chi connectivity index (χ3v) is 5.13. The molecule has 0 bridgehead atoms. The molecule has 2 rings (SSSR count). The molecule has 98 valence electrons. The minimum absolute atomic E-state index is 0.273. The normalized spacial score (nSPS) is 18.2. The fraction of sp³-hybridized carbons (Fsp3) is 0.462. The number of aldehydes is 1. The lowest BCUT2D eigenvalue weighted by Gasteiger charge is -2.19. The molecule has 18 heavy (non-hydrogen) atoms. The van der Waals surface area contributed by atoms with Gasteiger partial charge in [-0.3, -0.25) is 4.79 Å². The summed E-state index contributed by atoms with van der Waals surface area (Å²) in [5, 5.41) is 0. The number of nitrogens with zero attached hydrogens (tertiary/aromatic N) is 1. The zero-order valence-electron chi connectivity index (χ0n) is 10.2. The fourth-order valence-electron chi connectivity index (χ4n) is 2.15. The Morgan fingerprint density at radius 3 is 2.00 bits per heavy atom. The lowest BCUT2D eigenvalue weighted by atomic mass is 10.2. The second-order valence-corrected chi connectivity index (χ2v) is 6.44. The van der Waals surface area contributed by atoms with E-state index in [9.17, 15) is 13.2 Å². The quantitative estimate of drug-likeness (QED) is 0.788. The van der Waals surface area contributed by atoms with Crippen molar-refractivity contribution in [1.82, 2.24) is 4.31 Å². The molecule has 0 N–H and O–H groups in total. The van der Waals surface area contributed by atoms with E-state index in [-0.39, 0.29) is 4.90 Å². The van der Waals surface area contributed by atoms with E-state index in [0.717, 1.165) is 25.7 Å². The van der Waals surface area contributed by atoms with Crippen LogP contribution >= 0.6 is 0 Å². The first kappa shape index (κ1) is 13.2. The number of rotatable bonds is 3. The smallest absolute Gasteiger partial charge is 0.243 e. The first-order valence-corrected chi connectivity index (χ1v) is 7.64. The van der Waals surface area contributed by atoms with E-state index >= 15 is 0 Å². The minimum atomic E-state index is -3.39. The topological polar surface area (TPSA) is 54.5 Å². The molecule has 0 aromatic heterocycles. The van der Waals surface area contributed by atoms with Gasteiger partial charge in [0.05, 0.1) is 4.90 Å². The molecule has 1 aromatic carbocycles. The zero-order chi connectivity index (χ0) is 13.0. The van der Waals surface area contributed by atoms with Crippen LogP contribution in [0.25, 0.3) is 0 Å². The largest absolute Gasteiger partial charge is 0.298 e. The number of carbonyl (C=O) groups excluding carboxylic acids is 1. The average molecular weight is 267 g/mol. The van der Waals surface area contributed by atoms with Crippen LogP contribution in [0.4, 0.5) is 0 Å². The fourth-order valence-corrected chi connectivity index (χ4v) is 3.67. The van der Waals surface area contributed by atoms with E-state index in [1.165, 1.54) is 24.3 Å². The highest BCUT2D eigenvalue weighted by Crippen LogP contribution is 2.20. The number of hydrogen-bond acceptors (Lipinski definition) is 3. The highest BCUT2D eigenvalue weighted by molar-refractivity contribution is 7.89. The van der Waals surface area contributed by atoms with Gasteiger partial charge in [0.2, 0.25) is 10.0 Å². The molecule has 4 nitrogen and oxygen atoms in total. The predicted octanol–water partition coefficient (Wildman–Crippen LogP) is 2.06. The molecule has 1 fully saturated rings. The summed E-state index contributed by atoms with van der Waals surface area (Å²) in [5.74, 6) is 0. The van der Waals surface area contributed by atoms with Gasteiger partial charge < -0.3 is 0 Å². The van der Waals surface area contributed by atoms with Gasteiger partial charge >= 0.3 is 0 Å². The lowest BCUT2D eigenvalue weighted by molar-refractivity contribution is 0.112. The molecule has 1 aliphatic rings. The van der Waals surface area contributed by atoms with Crippen molar-refractivity contribution in [2.75, 3.05) is 13.1 Å². The molecule has 1 aliphatic heterocycles. The molecular weight excluding hydrogens is 250 g/mol. The molecule has 1 saturated heterocycles. The molecule has 0 atom stereocenters. The molecule has 0 unspecified atom stereocenters. The summed E-state index contributed by atoms with van der Waals surface area (Å²) in [5.41, 5.74) is 0.491. The Bertz CT molecular complexity index is 500. The highest BCUT2D eigenvalue weighted by atomic mass is 32.2. The van der Waals surface area contributed by atoms with E-state index in [1.807, 2.05) is 0 Å². The monoisotopic (exact) mass is 267 g/mol. The standard InChI is InChI=1S/C13H17NO3S/c15-11-12-5-7-13(8-6-12)18(16,17)14-9-3-1-2-4-10-14/h5-8,11H,1-4,9-10H2. The summed E-state index contributed by atoms with van der Waals surface area (Å²) in [7, 11) is -3.39. The third-order valence-electron chi connectivity index (χ3n) is 3.22. The Morgan fingerprint density at radius 2 is 1.50 bits per heavy atom. The molecule has 0 spiro atoms. The van der Waals surface area contributed by atoms with Crippen molar-refractivity contribution in [2.45, 2.75) is 30.6 Å². The van der Waals surface area contributed by atoms with Crippen molar-refractivity contribution in [3.8, 4) is 0 Å². The molecule has 0 amide bonds. The van der Waals surface area contributed by atoms with Crippen LogP contribution in [0.1, 0.15) is 36.0 Å². The van der Waals surface area contributed by atoms with E-state index in [4.69, 9.17) is 0 Å². The van der Waals surface area contributed by atoms with Gasteiger partial charge in [0.25, 0.3) is 0 Å². The number of carbonyl (C=O) groups is 1. The van der Waals surface area contributed by atoms with Gasteiger partial charge in [0.1, 0.15) is 6.29 Å². The Balaban J connectivity index is 2.25. The van der Waals surface area contributed by atoms with Crippen LogP contribution in [0.15, 0.2) is 29.2 Å². The van der Waals surface area contributed by atoms with Gasteiger partial charge in [-0.2, -0.15) is 4.31 Å². The van der Waals surface area contributed by atoms with Gasteiger partial charge in [-0.15, -0.1) is 0 Å². The molecule has 0 saturated carbocycles. The van der Waals surface area contributed by atoms with Crippen molar-refractivity contribution in [1.29, 1.82) is 0 Å². The van der Waals surface area contributed by atoms with Gasteiger partial charge in [0.15, 0.2) is 0 Å². The van der Waals surface area contributed by atoms with Crippen LogP contribution in [0.3, 0.4) is 0 Å². The van der Waals surface area contributed by atoms with Gasteiger partial charge in [-0.05, 0) is 25.0 Å².